The highest BCUT2D eigenvalue weighted by Crippen LogP contribution is 2.14. The first-order chi connectivity index (χ1) is 10.4. The fraction of sp³-hybridized carbons (Fsp3) is 0.300. The molecule has 0 N–H and O–H groups in total. The molecule has 2 aromatic carbocycles. The smallest absolute Gasteiger partial charge is 0.0674 e. The van der Waals surface area contributed by atoms with Crippen molar-refractivity contribution in [3.8, 4) is 0 Å². The van der Waals surface area contributed by atoms with E-state index in [9.17, 15) is 0 Å². The minimum absolute atomic E-state index is 0.946. The molecule has 0 aromatic heterocycles. The Bertz CT molecular complexity index is 687. The van der Waals surface area contributed by atoms with Crippen LogP contribution in [-0.2, 0) is 0 Å². The van der Waals surface area contributed by atoms with E-state index in [1.807, 2.05) is 13.8 Å². The first kappa shape index (κ1) is 16.2. The number of aryl methyl sites for hydroxylation is 4. The van der Waals surface area contributed by atoms with E-state index in [0.29, 0.717) is 0 Å². The van der Waals surface area contributed by atoms with Gasteiger partial charge in [-0.05, 0) is 52.7 Å². The molecule has 2 aromatic rings. The summed E-state index contributed by atoms with van der Waals surface area (Å²) in [4.78, 5) is 0. The molecule has 2 nitrogen and oxygen atoms in total. The predicted octanol–water partition coefficient (Wildman–Crippen LogP) is 5.15. The molecule has 2 heteroatoms. The molecule has 0 bridgehead atoms. The van der Waals surface area contributed by atoms with E-state index >= 15 is 0 Å². The van der Waals surface area contributed by atoms with Crippen LogP contribution in [0.2, 0.25) is 0 Å². The average Bonchev–Trinajstić information content (AvgIpc) is 2.44. The molecular formula is C20H24N2. The fourth-order valence-electron chi connectivity index (χ4n) is 2.70. The highest BCUT2D eigenvalue weighted by molar-refractivity contribution is 6.03. The lowest BCUT2D eigenvalue weighted by atomic mass is 10.0. The molecule has 114 valence electrons. The van der Waals surface area contributed by atoms with Crippen molar-refractivity contribution < 1.29 is 0 Å². The standard InChI is InChI=1S/C20H24N2/c1-13-7-9-19(15(3)11-13)17(5)21-22-18(6)20-10-8-14(2)12-16(20)4/h7-12H,1-6H3/b21-17-,22-18-. The second-order valence-corrected chi connectivity index (χ2v) is 6.01. The van der Waals surface area contributed by atoms with E-state index in [0.717, 1.165) is 22.6 Å². The molecule has 2 rings (SSSR count). The first-order valence-electron chi connectivity index (χ1n) is 7.62. The Balaban J connectivity index is 2.32. The fourth-order valence-corrected chi connectivity index (χ4v) is 2.70. The lowest BCUT2D eigenvalue weighted by Gasteiger charge is -2.07. The quantitative estimate of drug-likeness (QED) is 0.552. The normalized spacial score (nSPS) is 12.6. The molecular weight excluding hydrogens is 268 g/mol. The van der Waals surface area contributed by atoms with Crippen molar-refractivity contribution in [2.24, 2.45) is 10.2 Å². The van der Waals surface area contributed by atoms with Crippen molar-refractivity contribution in [2.75, 3.05) is 0 Å². The van der Waals surface area contributed by atoms with E-state index in [1.165, 1.54) is 22.3 Å². The number of nitrogens with zero attached hydrogens (tertiary/aromatic N) is 2. The average molecular weight is 292 g/mol. The number of hydrogen-bond acceptors (Lipinski definition) is 2. The molecule has 0 saturated carbocycles. The van der Waals surface area contributed by atoms with Gasteiger partial charge in [-0.2, -0.15) is 10.2 Å². The van der Waals surface area contributed by atoms with Crippen LogP contribution in [0.15, 0.2) is 46.6 Å². The van der Waals surface area contributed by atoms with Crippen molar-refractivity contribution in [1.82, 2.24) is 0 Å². The zero-order chi connectivity index (χ0) is 16.3. The first-order valence-corrected chi connectivity index (χ1v) is 7.62. The largest absolute Gasteiger partial charge is 0.155 e. The monoisotopic (exact) mass is 292 g/mol. The van der Waals surface area contributed by atoms with Crippen LogP contribution >= 0.6 is 0 Å². The molecule has 0 radical (unpaired) electrons. The molecule has 0 heterocycles. The van der Waals surface area contributed by atoms with Gasteiger partial charge >= 0.3 is 0 Å². The van der Waals surface area contributed by atoms with Gasteiger partial charge in [-0.3, -0.25) is 0 Å². The van der Waals surface area contributed by atoms with Gasteiger partial charge in [0.25, 0.3) is 0 Å². The summed E-state index contributed by atoms with van der Waals surface area (Å²) in [5, 5.41) is 8.86. The maximum absolute atomic E-state index is 4.43. The summed E-state index contributed by atoms with van der Waals surface area (Å²) in [6, 6.07) is 12.8. The van der Waals surface area contributed by atoms with Gasteiger partial charge < -0.3 is 0 Å². The van der Waals surface area contributed by atoms with Crippen LogP contribution in [0.3, 0.4) is 0 Å². The molecule has 0 amide bonds. The minimum atomic E-state index is 0.946. The maximum Gasteiger partial charge on any atom is 0.0674 e. The number of benzene rings is 2. The number of rotatable bonds is 3. The molecule has 0 aliphatic carbocycles. The van der Waals surface area contributed by atoms with Gasteiger partial charge in [0.1, 0.15) is 0 Å². The molecule has 0 aliphatic heterocycles. The van der Waals surface area contributed by atoms with Gasteiger partial charge in [0.05, 0.1) is 11.4 Å². The Morgan fingerprint density at radius 2 is 1.00 bits per heavy atom. The van der Waals surface area contributed by atoms with Crippen LogP contribution in [0.1, 0.15) is 47.2 Å². The molecule has 0 saturated heterocycles. The van der Waals surface area contributed by atoms with E-state index in [2.05, 4.69) is 74.3 Å². The van der Waals surface area contributed by atoms with Crippen LogP contribution in [0.5, 0.6) is 0 Å². The van der Waals surface area contributed by atoms with Gasteiger partial charge in [0, 0.05) is 11.1 Å². The van der Waals surface area contributed by atoms with Crippen molar-refractivity contribution >= 4 is 11.4 Å². The Morgan fingerprint density at radius 1 is 0.636 bits per heavy atom. The lowest BCUT2D eigenvalue weighted by molar-refractivity contribution is 1.20. The maximum atomic E-state index is 4.43. The molecule has 22 heavy (non-hydrogen) atoms. The van der Waals surface area contributed by atoms with Crippen LogP contribution < -0.4 is 0 Å². The van der Waals surface area contributed by atoms with Crippen LogP contribution in [0, 0.1) is 27.7 Å². The number of hydrogen-bond donors (Lipinski definition) is 0. The molecule has 0 fully saturated rings. The Labute approximate surface area is 133 Å². The van der Waals surface area contributed by atoms with E-state index in [1.54, 1.807) is 0 Å². The molecule has 0 spiro atoms. The van der Waals surface area contributed by atoms with E-state index < -0.39 is 0 Å². The Morgan fingerprint density at radius 3 is 1.32 bits per heavy atom. The third-order valence-electron chi connectivity index (χ3n) is 3.89. The van der Waals surface area contributed by atoms with Gasteiger partial charge in [-0.1, -0.05) is 47.5 Å². The second-order valence-electron chi connectivity index (χ2n) is 6.01. The van der Waals surface area contributed by atoms with Crippen molar-refractivity contribution in [3.63, 3.8) is 0 Å². The van der Waals surface area contributed by atoms with Crippen molar-refractivity contribution in [1.29, 1.82) is 0 Å². The SMILES string of the molecule is C/C(=N/N=C(/C)c1ccc(C)cc1C)c1ccc(C)cc1C. The summed E-state index contributed by atoms with van der Waals surface area (Å²) in [5.74, 6) is 0. The van der Waals surface area contributed by atoms with Gasteiger partial charge in [0.15, 0.2) is 0 Å². The molecule has 0 unspecified atom stereocenters. The zero-order valence-corrected chi connectivity index (χ0v) is 14.4. The summed E-state index contributed by atoms with van der Waals surface area (Å²) in [6.07, 6.45) is 0. The van der Waals surface area contributed by atoms with Gasteiger partial charge in [-0.15, -0.1) is 0 Å². The Hall–Kier alpha value is -2.22. The van der Waals surface area contributed by atoms with Gasteiger partial charge in [-0.25, -0.2) is 0 Å². The summed E-state index contributed by atoms with van der Waals surface area (Å²) in [6.45, 7) is 12.5. The van der Waals surface area contributed by atoms with Gasteiger partial charge in [0.2, 0.25) is 0 Å². The Kier molecular flexibility index (Phi) is 4.92. The second kappa shape index (κ2) is 6.69. The predicted molar refractivity (Wildman–Crippen MR) is 96.3 cm³/mol. The van der Waals surface area contributed by atoms with Crippen molar-refractivity contribution in [3.05, 3.63) is 69.8 Å². The summed E-state index contributed by atoms with van der Waals surface area (Å²) in [5.41, 5.74) is 9.21. The van der Waals surface area contributed by atoms with E-state index in [-0.39, 0.29) is 0 Å². The van der Waals surface area contributed by atoms with Crippen LogP contribution in [0.25, 0.3) is 0 Å². The topological polar surface area (TPSA) is 24.7 Å². The highest BCUT2D eigenvalue weighted by Gasteiger charge is 2.04. The third-order valence-corrected chi connectivity index (χ3v) is 3.89. The summed E-state index contributed by atoms with van der Waals surface area (Å²) in [7, 11) is 0. The molecule has 0 aliphatic rings. The van der Waals surface area contributed by atoms with Crippen LogP contribution in [0.4, 0.5) is 0 Å². The highest BCUT2D eigenvalue weighted by atomic mass is 15.2. The molecule has 0 atom stereocenters. The van der Waals surface area contributed by atoms with E-state index in [4.69, 9.17) is 0 Å². The third kappa shape index (κ3) is 3.70. The minimum Gasteiger partial charge on any atom is -0.155 e. The van der Waals surface area contributed by atoms with Crippen LogP contribution in [-0.4, -0.2) is 11.4 Å². The summed E-state index contributed by atoms with van der Waals surface area (Å²) < 4.78 is 0. The lowest BCUT2D eigenvalue weighted by Crippen LogP contribution is -2.01. The van der Waals surface area contributed by atoms with Crippen molar-refractivity contribution in [2.45, 2.75) is 41.5 Å². The zero-order valence-electron chi connectivity index (χ0n) is 14.4. The summed E-state index contributed by atoms with van der Waals surface area (Å²) >= 11 is 0.